The summed E-state index contributed by atoms with van der Waals surface area (Å²) in [5.74, 6) is 2.21. The predicted octanol–water partition coefficient (Wildman–Crippen LogP) is 2.78. The minimum atomic E-state index is -0.218. The van der Waals surface area contributed by atoms with Crippen molar-refractivity contribution in [3.05, 3.63) is 65.6 Å². The number of aliphatic imine (C=N–C) groups is 1. The van der Waals surface area contributed by atoms with Gasteiger partial charge < -0.3 is 20.7 Å². The van der Waals surface area contributed by atoms with E-state index in [9.17, 15) is 0 Å². The van der Waals surface area contributed by atoms with Gasteiger partial charge in [0.15, 0.2) is 5.82 Å². The molecule has 1 aromatic carbocycles. The molecule has 0 saturated carbocycles. The van der Waals surface area contributed by atoms with E-state index in [0.29, 0.717) is 5.90 Å². The number of nitrogens with one attached hydrogen (secondary N) is 4. The lowest BCUT2D eigenvalue weighted by Gasteiger charge is -2.27. The van der Waals surface area contributed by atoms with Gasteiger partial charge in [0.25, 0.3) is 0 Å². The Labute approximate surface area is 165 Å². The molecule has 7 heteroatoms. The largest absolute Gasteiger partial charge is 0.474 e. The van der Waals surface area contributed by atoms with Crippen molar-refractivity contribution >= 4 is 17.8 Å². The zero-order chi connectivity index (χ0) is 19.2. The van der Waals surface area contributed by atoms with Crippen molar-refractivity contribution < 1.29 is 4.74 Å². The molecule has 0 aliphatic carbocycles. The summed E-state index contributed by atoms with van der Waals surface area (Å²) in [7, 11) is 0. The first-order chi connectivity index (χ1) is 13.7. The minimum absolute atomic E-state index is 0.196. The first-order valence-corrected chi connectivity index (χ1v) is 9.70. The van der Waals surface area contributed by atoms with Crippen molar-refractivity contribution in [2.45, 2.75) is 32.0 Å². The number of piperidine rings is 1. The van der Waals surface area contributed by atoms with Crippen LogP contribution in [0, 0.1) is 6.92 Å². The van der Waals surface area contributed by atoms with Crippen LogP contribution in [0.25, 0.3) is 6.08 Å². The van der Waals surface area contributed by atoms with E-state index >= 15 is 0 Å². The number of ether oxygens (including phenoxy) is 1. The summed E-state index contributed by atoms with van der Waals surface area (Å²) in [6.45, 7) is 3.93. The first kappa shape index (κ1) is 18.3. The second-order valence-electron chi connectivity index (χ2n) is 7.01. The van der Waals surface area contributed by atoms with Gasteiger partial charge >= 0.3 is 0 Å². The van der Waals surface area contributed by atoms with Gasteiger partial charge in [0.05, 0.1) is 0 Å². The first-order valence-electron chi connectivity index (χ1n) is 9.70. The lowest BCUT2D eigenvalue weighted by Crippen LogP contribution is -2.37. The molecule has 2 aromatic rings. The maximum Gasteiger partial charge on any atom is 0.214 e. The third-order valence-electron chi connectivity index (χ3n) is 4.65. The second kappa shape index (κ2) is 8.75. The Morgan fingerprint density at radius 2 is 2.00 bits per heavy atom. The summed E-state index contributed by atoms with van der Waals surface area (Å²) in [5, 5.41) is 17.2. The third kappa shape index (κ3) is 5.01. The molecule has 2 aliphatic rings. The molecule has 0 radical (unpaired) electrons. The average molecular weight is 378 g/mol. The van der Waals surface area contributed by atoms with Crippen molar-refractivity contribution in [3.63, 3.8) is 0 Å². The van der Waals surface area contributed by atoms with Crippen LogP contribution in [0.15, 0.2) is 59.4 Å². The number of nitrogens with zero attached hydrogens (tertiary/aromatic N) is 2. The van der Waals surface area contributed by atoms with Crippen molar-refractivity contribution in [2.75, 3.05) is 18.4 Å². The third-order valence-corrected chi connectivity index (χ3v) is 4.65. The maximum atomic E-state index is 6.18. The number of anilines is 1. The molecule has 4 N–H and O–H groups in total. The van der Waals surface area contributed by atoms with E-state index in [4.69, 9.17) is 9.73 Å². The quantitative estimate of drug-likeness (QED) is 0.643. The molecule has 7 nitrogen and oxygen atoms in total. The SMILES string of the molecule is Cc1cc(NC2=CC(OC3CCNCC3)=NC(/C=C/c3ccccc3)N2)n[nH]1. The number of aromatic nitrogens is 2. The maximum absolute atomic E-state index is 6.18. The molecule has 2 aliphatic heterocycles. The van der Waals surface area contributed by atoms with E-state index in [0.717, 1.165) is 48.8 Å². The average Bonchev–Trinajstić information content (AvgIpc) is 3.12. The highest BCUT2D eigenvalue weighted by molar-refractivity contribution is 5.90. The van der Waals surface area contributed by atoms with Crippen LogP contribution in [0.1, 0.15) is 24.1 Å². The highest BCUT2D eigenvalue weighted by Gasteiger charge is 2.20. The van der Waals surface area contributed by atoms with Crippen molar-refractivity contribution in [1.29, 1.82) is 0 Å². The van der Waals surface area contributed by atoms with E-state index < -0.39 is 0 Å². The van der Waals surface area contributed by atoms with Gasteiger partial charge in [-0.3, -0.25) is 5.10 Å². The number of hydrogen-bond donors (Lipinski definition) is 4. The van der Waals surface area contributed by atoms with Crippen LogP contribution < -0.4 is 16.0 Å². The normalized spacial score (nSPS) is 20.4. The lowest BCUT2D eigenvalue weighted by atomic mass is 10.1. The molecule has 4 rings (SSSR count). The molecule has 0 spiro atoms. The minimum Gasteiger partial charge on any atom is -0.474 e. The number of benzene rings is 1. The number of hydrogen-bond acceptors (Lipinski definition) is 6. The Morgan fingerprint density at radius 1 is 1.18 bits per heavy atom. The van der Waals surface area contributed by atoms with Crippen LogP contribution in [0.2, 0.25) is 0 Å². The van der Waals surface area contributed by atoms with Crippen molar-refractivity contribution in [3.8, 4) is 0 Å². The zero-order valence-electron chi connectivity index (χ0n) is 16.0. The van der Waals surface area contributed by atoms with E-state index in [2.05, 4.69) is 44.4 Å². The van der Waals surface area contributed by atoms with Gasteiger partial charge in [-0.05, 0) is 44.5 Å². The van der Waals surface area contributed by atoms with Gasteiger partial charge in [-0.25, -0.2) is 4.99 Å². The highest BCUT2D eigenvalue weighted by Crippen LogP contribution is 2.15. The van der Waals surface area contributed by atoms with Gasteiger partial charge in [0, 0.05) is 17.8 Å². The predicted molar refractivity (Wildman–Crippen MR) is 112 cm³/mol. The Kier molecular flexibility index (Phi) is 5.72. The smallest absolute Gasteiger partial charge is 0.214 e. The molecule has 28 heavy (non-hydrogen) atoms. The van der Waals surface area contributed by atoms with Gasteiger partial charge in [-0.1, -0.05) is 36.4 Å². The second-order valence-corrected chi connectivity index (χ2v) is 7.01. The Hall–Kier alpha value is -3.06. The van der Waals surface area contributed by atoms with E-state index in [-0.39, 0.29) is 12.3 Å². The molecular weight excluding hydrogens is 352 g/mol. The summed E-state index contributed by atoms with van der Waals surface area (Å²) in [4.78, 5) is 4.72. The summed E-state index contributed by atoms with van der Waals surface area (Å²) >= 11 is 0. The van der Waals surface area contributed by atoms with Crippen LogP contribution in [0.3, 0.4) is 0 Å². The van der Waals surface area contributed by atoms with Crippen LogP contribution in [-0.2, 0) is 4.74 Å². The number of H-pyrrole nitrogens is 1. The topological polar surface area (TPSA) is 86.4 Å². The van der Waals surface area contributed by atoms with Crippen LogP contribution in [-0.4, -0.2) is 41.5 Å². The van der Waals surface area contributed by atoms with Gasteiger partial charge in [-0.15, -0.1) is 0 Å². The highest BCUT2D eigenvalue weighted by atomic mass is 16.5. The fourth-order valence-corrected chi connectivity index (χ4v) is 3.23. The fraction of sp³-hybridized carbons (Fsp3) is 0.333. The molecule has 1 atom stereocenters. The van der Waals surface area contributed by atoms with E-state index in [1.165, 1.54) is 0 Å². The molecule has 1 unspecified atom stereocenters. The fourth-order valence-electron chi connectivity index (χ4n) is 3.23. The number of aromatic amines is 1. The summed E-state index contributed by atoms with van der Waals surface area (Å²) in [6.07, 6.45) is 7.96. The molecule has 146 valence electrons. The molecular formula is C21H26N6O. The van der Waals surface area contributed by atoms with Crippen LogP contribution in [0.4, 0.5) is 5.82 Å². The molecule has 1 fully saturated rings. The summed E-state index contributed by atoms with van der Waals surface area (Å²) in [5.41, 5.74) is 2.13. The number of aryl methyl sites for hydroxylation is 1. The Morgan fingerprint density at radius 3 is 2.75 bits per heavy atom. The summed E-state index contributed by atoms with van der Waals surface area (Å²) < 4.78 is 6.18. The van der Waals surface area contributed by atoms with Crippen LogP contribution >= 0.6 is 0 Å². The van der Waals surface area contributed by atoms with E-state index in [1.807, 2.05) is 43.3 Å². The van der Waals surface area contributed by atoms with Gasteiger partial charge in [-0.2, -0.15) is 5.10 Å². The molecule has 0 amide bonds. The Bertz CT molecular complexity index is 864. The monoisotopic (exact) mass is 378 g/mol. The van der Waals surface area contributed by atoms with Gasteiger partial charge in [0.1, 0.15) is 18.1 Å². The van der Waals surface area contributed by atoms with Crippen LogP contribution in [0.5, 0.6) is 0 Å². The molecule has 1 aromatic heterocycles. The van der Waals surface area contributed by atoms with Crippen molar-refractivity contribution in [2.24, 2.45) is 4.99 Å². The lowest BCUT2D eigenvalue weighted by molar-refractivity contribution is 0.150. The summed E-state index contributed by atoms with van der Waals surface area (Å²) in [6, 6.07) is 12.1. The Balaban J connectivity index is 1.50. The molecule has 1 saturated heterocycles. The molecule has 3 heterocycles. The zero-order valence-corrected chi connectivity index (χ0v) is 16.0. The number of rotatable bonds is 5. The van der Waals surface area contributed by atoms with Crippen molar-refractivity contribution in [1.82, 2.24) is 20.8 Å². The molecule has 0 bridgehead atoms. The standard InChI is InChI=1S/C21H26N6O/c1-15-13-20(27-26-15)24-19-14-21(28-17-9-11-22-12-10-17)25-18(23-19)8-7-16-5-3-2-4-6-16/h2-8,13-14,17-18,22-23H,9-12H2,1H3,(H2,24,26,27)/b8-7+. The van der Waals surface area contributed by atoms with Gasteiger partial charge in [0.2, 0.25) is 5.90 Å². The van der Waals surface area contributed by atoms with E-state index in [1.54, 1.807) is 0 Å².